The van der Waals surface area contributed by atoms with Crippen molar-refractivity contribution in [1.29, 1.82) is 0 Å². The van der Waals surface area contributed by atoms with Gasteiger partial charge in [-0.3, -0.25) is 9.78 Å². The van der Waals surface area contributed by atoms with Gasteiger partial charge in [-0.15, -0.1) is 0 Å². The smallest absolute Gasteiger partial charge is 0.309 e. The van der Waals surface area contributed by atoms with Gasteiger partial charge in [0.25, 0.3) is 0 Å². The number of aryl methyl sites for hydroxylation is 1. The lowest BCUT2D eigenvalue weighted by atomic mass is 9.90. The SMILES string of the molecule is COC(=O)[C@@H](C)[C@H](C)c1ncccc1C. The summed E-state index contributed by atoms with van der Waals surface area (Å²) in [6, 6.07) is 3.90. The lowest BCUT2D eigenvalue weighted by molar-refractivity contribution is -0.145. The Labute approximate surface area is 90.5 Å². The Hall–Kier alpha value is -1.38. The number of methoxy groups -OCH3 is 1. The van der Waals surface area contributed by atoms with Crippen LogP contribution in [0.2, 0.25) is 0 Å². The van der Waals surface area contributed by atoms with Crippen LogP contribution in [0.5, 0.6) is 0 Å². The first-order chi connectivity index (χ1) is 7.07. The van der Waals surface area contributed by atoms with Crippen LogP contribution in [0, 0.1) is 12.8 Å². The molecule has 0 aliphatic carbocycles. The van der Waals surface area contributed by atoms with E-state index in [9.17, 15) is 4.79 Å². The van der Waals surface area contributed by atoms with E-state index >= 15 is 0 Å². The van der Waals surface area contributed by atoms with Crippen molar-refractivity contribution in [2.24, 2.45) is 5.92 Å². The largest absolute Gasteiger partial charge is 0.469 e. The third-order valence-electron chi connectivity index (χ3n) is 2.80. The van der Waals surface area contributed by atoms with Crippen LogP contribution in [0.1, 0.15) is 31.0 Å². The van der Waals surface area contributed by atoms with Crippen LogP contribution in [0.3, 0.4) is 0 Å². The minimum atomic E-state index is -0.187. The second-order valence-corrected chi connectivity index (χ2v) is 3.81. The van der Waals surface area contributed by atoms with E-state index in [-0.39, 0.29) is 17.8 Å². The molecule has 0 saturated heterocycles. The molecular weight excluding hydrogens is 190 g/mol. The van der Waals surface area contributed by atoms with Gasteiger partial charge < -0.3 is 4.74 Å². The fourth-order valence-corrected chi connectivity index (χ4v) is 1.60. The molecule has 2 atom stereocenters. The number of pyridine rings is 1. The molecule has 3 nitrogen and oxygen atoms in total. The molecule has 1 aromatic heterocycles. The van der Waals surface area contributed by atoms with E-state index in [4.69, 9.17) is 4.74 Å². The number of esters is 1. The molecule has 0 radical (unpaired) electrons. The quantitative estimate of drug-likeness (QED) is 0.714. The molecule has 1 aromatic rings. The third kappa shape index (κ3) is 2.55. The molecule has 0 aliphatic heterocycles. The molecule has 3 heteroatoms. The van der Waals surface area contributed by atoms with E-state index in [0.717, 1.165) is 11.3 Å². The second-order valence-electron chi connectivity index (χ2n) is 3.81. The Balaban J connectivity index is 2.89. The highest BCUT2D eigenvalue weighted by Crippen LogP contribution is 2.25. The van der Waals surface area contributed by atoms with Crippen LogP contribution in [-0.4, -0.2) is 18.1 Å². The minimum absolute atomic E-state index is 0.0821. The number of rotatable bonds is 3. The van der Waals surface area contributed by atoms with Crippen molar-refractivity contribution in [3.8, 4) is 0 Å². The molecule has 0 aromatic carbocycles. The number of carbonyl (C=O) groups is 1. The zero-order valence-electron chi connectivity index (χ0n) is 9.65. The van der Waals surface area contributed by atoms with Gasteiger partial charge in [0, 0.05) is 17.8 Å². The van der Waals surface area contributed by atoms with Gasteiger partial charge in [0.2, 0.25) is 0 Å². The molecule has 1 rings (SSSR count). The van der Waals surface area contributed by atoms with Crippen LogP contribution < -0.4 is 0 Å². The van der Waals surface area contributed by atoms with E-state index in [1.54, 1.807) is 6.20 Å². The first kappa shape index (κ1) is 11.7. The first-order valence-corrected chi connectivity index (χ1v) is 5.07. The highest BCUT2D eigenvalue weighted by atomic mass is 16.5. The molecule has 0 amide bonds. The summed E-state index contributed by atoms with van der Waals surface area (Å²) in [4.78, 5) is 15.7. The number of hydrogen-bond donors (Lipinski definition) is 0. The van der Waals surface area contributed by atoms with Gasteiger partial charge in [0.05, 0.1) is 13.0 Å². The topological polar surface area (TPSA) is 39.2 Å². The van der Waals surface area contributed by atoms with E-state index in [0.29, 0.717) is 0 Å². The average molecular weight is 207 g/mol. The van der Waals surface area contributed by atoms with Gasteiger partial charge in [-0.1, -0.05) is 19.9 Å². The standard InChI is InChI=1S/C12H17NO2/c1-8-6-5-7-13-11(8)9(2)10(3)12(14)15-4/h5-7,9-10H,1-4H3/t9-,10-/m0/s1. The van der Waals surface area contributed by atoms with Crippen molar-refractivity contribution >= 4 is 5.97 Å². The summed E-state index contributed by atoms with van der Waals surface area (Å²) in [5, 5.41) is 0. The fourth-order valence-electron chi connectivity index (χ4n) is 1.60. The van der Waals surface area contributed by atoms with Crippen molar-refractivity contribution in [3.05, 3.63) is 29.6 Å². The maximum absolute atomic E-state index is 11.4. The van der Waals surface area contributed by atoms with Gasteiger partial charge in [-0.25, -0.2) is 0 Å². The Morgan fingerprint density at radius 3 is 2.67 bits per heavy atom. The van der Waals surface area contributed by atoms with E-state index in [1.165, 1.54) is 7.11 Å². The lowest BCUT2D eigenvalue weighted by Gasteiger charge is -2.18. The molecule has 15 heavy (non-hydrogen) atoms. The van der Waals surface area contributed by atoms with Gasteiger partial charge in [-0.2, -0.15) is 0 Å². The van der Waals surface area contributed by atoms with E-state index in [1.807, 2.05) is 32.9 Å². The van der Waals surface area contributed by atoms with Crippen molar-refractivity contribution in [2.45, 2.75) is 26.7 Å². The van der Waals surface area contributed by atoms with Gasteiger partial charge >= 0.3 is 5.97 Å². The van der Waals surface area contributed by atoms with Crippen molar-refractivity contribution in [3.63, 3.8) is 0 Å². The molecule has 1 heterocycles. The summed E-state index contributed by atoms with van der Waals surface area (Å²) < 4.78 is 4.73. The Morgan fingerprint density at radius 1 is 1.47 bits per heavy atom. The molecule has 0 aliphatic rings. The molecule has 0 bridgehead atoms. The molecule has 0 fully saturated rings. The number of nitrogens with zero attached hydrogens (tertiary/aromatic N) is 1. The monoisotopic (exact) mass is 207 g/mol. The van der Waals surface area contributed by atoms with Crippen LogP contribution >= 0.6 is 0 Å². The number of hydrogen-bond acceptors (Lipinski definition) is 3. The molecule has 0 N–H and O–H groups in total. The zero-order valence-corrected chi connectivity index (χ0v) is 9.65. The normalized spacial score (nSPS) is 14.4. The maximum atomic E-state index is 11.4. The molecule has 82 valence electrons. The van der Waals surface area contributed by atoms with E-state index in [2.05, 4.69) is 4.98 Å². The summed E-state index contributed by atoms with van der Waals surface area (Å²) in [5.74, 6) is -0.269. The molecular formula is C12H17NO2. The van der Waals surface area contributed by atoms with Crippen LogP contribution in [-0.2, 0) is 9.53 Å². The Kier molecular flexibility index (Phi) is 3.83. The van der Waals surface area contributed by atoms with Gasteiger partial charge in [-0.05, 0) is 18.6 Å². The first-order valence-electron chi connectivity index (χ1n) is 5.07. The summed E-state index contributed by atoms with van der Waals surface area (Å²) in [5.41, 5.74) is 2.08. The highest BCUT2D eigenvalue weighted by molar-refractivity contribution is 5.73. The van der Waals surface area contributed by atoms with Crippen molar-refractivity contribution in [1.82, 2.24) is 4.98 Å². The fraction of sp³-hybridized carbons (Fsp3) is 0.500. The minimum Gasteiger partial charge on any atom is -0.469 e. The average Bonchev–Trinajstić information content (AvgIpc) is 2.26. The molecule has 0 spiro atoms. The summed E-state index contributed by atoms with van der Waals surface area (Å²) in [7, 11) is 1.41. The lowest BCUT2D eigenvalue weighted by Crippen LogP contribution is -2.20. The summed E-state index contributed by atoms with van der Waals surface area (Å²) in [6.07, 6.45) is 1.75. The Morgan fingerprint density at radius 2 is 2.13 bits per heavy atom. The predicted octanol–water partition coefficient (Wildman–Crippen LogP) is 2.30. The van der Waals surface area contributed by atoms with E-state index < -0.39 is 0 Å². The van der Waals surface area contributed by atoms with Crippen molar-refractivity contribution < 1.29 is 9.53 Å². The third-order valence-corrected chi connectivity index (χ3v) is 2.80. The van der Waals surface area contributed by atoms with Crippen LogP contribution in [0.4, 0.5) is 0 Å². The predicted molar refractivity (Wildman–Crippen MR) is 58.6 cm³/mol. The molecule has 0 saturated carbocycles. The van der Waals surface area contributed by atoms with Crippen LogP contribution in [0.25, 0.3) is 0 Å². The zero-order chi connectivity index (χ0) is 11.4. The highest BCUT2D eigenvalue weighted by Gasteiger charge is 2.24. The van der Waals surface area contributed by atoms with Crippen LogP contribution in [0.15, 0.2) is 18.3 Å². The number of ether oxygens (including phenoxy) is 1. The van der Waals surface area contributed by atoms with Gasteiger partial charge in [0.15, 0.2) is 0 Å². The molecule has 0 unspecified atom stereocenters. The summed E-state index contributed by atoms with van der Waals surface area (Å²) in [6.45, 7) is 5.87. The number of carbonyl (C=O) groups excluding carboxylic acids is 1. The number of aromatic nitrogens is 1. The van der Waals surface area contributed by atoms with Gasteiger partial charge in [0.1, 0.15) is 0 Å². The van der Waals surface area contributed by atoms with Crippen molar-refractivity contribution in [2.75, 3.05) is 7.11 Å². The second kappa shape index (κ2) is 4.91. The Bertz CT molecular complexity index is 349. The summed E-state index contributed by atoms with van der Waals surface area (Å²) >= 11 is 0. The maximum Gasteiger partial charge on any atom is 0.309 e.